The molecule has 0 amide bonds. The fraction of sp³-hybridized carbons (Fsp3) is 0.538. The first-order valence-corrected chi connectivity index (χ1v) is 6.31. The van der Waals surface area contributed by atoms with Crippen molar-refractivity contribution in [3.8, 4) is 11.5 Å². The maximum absolute atomic E-state index is 5.68. The molecule has 0 saturated carbocycles. The van der Waals surface area contributed by atoms with E-state index in [1.54, 1.807) is 12.5 Å². The topological polar surface area (TPSA) is 55.9 Å². The molecule has 18 heavy (non-hydrogen) atoms. The highest BCUT2D eigenvalue weighted by atomic mass is 16.4. The minimum absolute atomic E-state index is 0.527. The number of oxazole rings is 1. The lowest BCUT2D eigenvalue weighted by Crippen LogP contribution is -2.23. The normalized spacial score (nSPS) is 11.3. The van der Waals surface area contributed by atoms with Gasteiger partial charge in [0.1, 0.15) is 5.69 Å². The molecule has 5 nitrogen and oxygen atoms in total. The zero-order valence-electron chi connectivity index (χ0n) is 11.2. The van der Waals surface area contributed by atoms with Crippen molar-refractivity contribution in [2.75, 3.05) is 6.54 Å². The van der Waals surface area contributed by atoms with Crippen LogP contribution in [-0.2, 0) is 13.5 Å². The van der Waals surface area contributed by atoms with E-state index in [4.69, 9.17) is 4.42 Å². The van der Waals surface area contributed by atoms with Crippen LogP contribution in [0, 0.1) is 0 Å². The molecule has 0 aliphatic carbocycles. The lowest BCUT2D eigenvalue weighted by Gasteiger charge is -2.05. The van der Waals surface area contributed by atoms with Gasteiger partial charge in [-0.3, -0.25) is 0 Å². The third-order valence-electron chi connectivity index (χ3n) is 2.63. The molecule has 0 bridgehead atoms. The Morgan fingerprint density at radius 1 is 1.39 bits per heavy atom. The Balaban J connectivity index is 1.86. The van der Waals surface area contributed by atoms with Crippen LogP contribution >= 0.6 is 0 Å². The van der Waals surface area contributed by atoms with Crippen LogP contribution in [0.4, 0.5) is 0 Å². The molecular weight excluding hydrogens is 228 g/mol. The molecule has 2 heterocycles. The van der Waals surface area contributed by atoms with Gasteiger partial charge in [-0.15, -0.1) is 0 Å². The molecule has 0 spiro atoms. The lowest BCUT2D eigenvalue weighted by atomic mass is 10.3. The van der Waals surface area contributed by atoms with E-state index < -0.39 is 0 Å². The predicted molar refractivity (Wildman–Crippen MR) is 70.2 cm³/mol. The molecule has 2 aromatic heterocycles. The van der Waals surface area contributed by atoms with Crippen molar-refractivity contribution >= 4 is 0 Å². The second-order valence-electron chi connectivity index (χ2n) is 4.76. The fourth-order valence-electron chi connectivity index (χ4n) is 1.71. The van der Waals surface area contributed by atoms with Gasteiger partial charge in [-0.2, -0.15) is 0 Å². The molecule has 0 unspecified atom stereocenters. The number of nitrogens with one attached hydrogen (secondary N) is 1. The average Bonchev–Trinajstić information content (AvgIpc) is 2.93. The summed E-state index contributed by atoms with van der Waals surface area (Å²) in [5, 5.41) is 3.37. The number of rotatable bonds is 6. The summed E-state index contributed by atoms with van der Waals surface area (Å²) in [6.45, 7) is 5.27. The second-order valence-corrected chi connectivity index (χ2v) is 4.76. The molecule has 2 rings (SSSR count). The van der Waals surface area contributed by atoms with Crippen molar-refractivity contribution in [2.24, 2.45) is 7.05 Å². The number of nitrogens with zero attached hydrogens (tertiary/aromatic N) is 3. The standard InChI is InChI=1S/C13H20N4O/c1-10(2)14-6-4-5-13-15-7-12(18-13)11-8-17(3)9-16-11/h7-10,14H,4-6H2,1-3H3. The second kappa shape index (κ2) is 5.82. The van der Waals surface area contributed by atoms with Crippen molar-refractivity contribution < 1.29 is 4.42 Å². The van der Waals surface area contributed by atoms with E-state index in [9.17, 15) is 0 Å². The molecule has 5 heteroatoms. The molecule has 1 N–H and O–H groups in total. The summed E-state index contributed by atoms with van der Waals surface area (Å²) >= 11 is 0. The van der Waals surface area contributed by atoms with Gasteiger partial charge in [0, 0.05) is 25.7 Å². The third kappa shape index (κ3) is 3.43. The first kappa shape index (κ1) is 12.8. The van der Waals surface area contributed by atoms with Gasteiger partial charge in [-0.05, 0) is 13.0 Å². The SMILES string of the molecule is CC(C)NCCCc1ncc(-c2cn(C)cn2)o1. The Labute approximate surface area is 107 Å². The lowest BCUT2D eigenvalue weighted by molar-refractivity contribution is 0.483. The van der Waals surface area contributed by atoms with Crippen LogP contribution in [0.25, 0.3) is 11.5 Å². The molecule has 0 radical (unpaired) electrons. The van der Waals surface area contributed by atoms with Crippen LogP contribution in [-0.4, -0.2) is 27.1 Å². The Kier molecular flexibility index (Phi) is 4.15. The number of hydrogen-bond acceptors (Lipinski definition) is 4. The summed E-state index contributed by atoms with van der Waals surface area (Å²) in [5.74, 6) is 1.52. The number of imidazole rings is 1. The maximum atomic E-state index is 5.68. The Morgan fingerprint density at radius 3 is 2.89 bits per heavy atom. The Bertz CT molecular complexity index is 487. The zero-order chi connectivity index (χ0) is 13.0. The van der Waals surface area contributed by atoms with Gasteiger partial charge < -0.3 is 14.3 Å². The smallest absolute Gasteiger partial charge is 0.195 e. The van der Waals surface area contributed by atoms with Crippen LogP contribution in [0.3, 0.4) is 0 Å². The first-order valence-electron chi connectivity index (χ1n) is 6.31. The highest BCUT2D eigenvalue weighted by Crippen LogP contribution is 2.18. The minimum Gasteiger partial charge on any atom is -0.439 e. The van der Waals surface area contributed by atoms with Gasteiger partial charge in [-0.25, -0.2) is 9.97 Å². The molecule has 0 aliphatic heterocycles. The zero-order valence-corrected chi connectivity index (χ0v) is 11.2. The van der Waals surface area contributed by atoms with Crippen LogP contribution in [0.5, 0.6) is 0 Å². The molecule has 0 fully saturated rings. The predicted octanol–water partition coefficient (Wildman–Crippen LogP) is 2.01. The largest absolute Gasteiger partial charge is 0.439 e. The van der Waals surface area contributed by atoms with E-state index in [2.05, 4.69) is 29.1 Å². The molecule has 0 atom stereocenters. The molecule has 98 valence electrons. The van der Waals surface area contributed by atoms with Crippen molar-refractivity contribution in [3.05, 3.63) is 24.6 Å². The number of aryl methyl sites for hydroxylation is 2. The quantitative estimate of drug-likeness (QED) is 0.794. The average molecular weight is 248 g/mol. The van der Waals surface area contributed by atoms with E-state index in [-0.39, 0.29) is 0 Å². The van der Waals surface area contributed by atoms with Crippen LogP contribution < -0.4 is 5.32 Å². The summed E-state index contributed by atoms with van der Waals surface area (Å²) < 4.78 is 7.57. The van der Waals surface area contributed by atoms with E-state index in [1.807, 2.05) is 17.8 Å². The van der Waals surface area contributed by atoms with Gasteiger partial charge >= 0.3 is 0 Å². The monoisotopic (exact) mass is 248 g/mol. The van der Waals surface area contributed by atoms with Crippen molar-refractivity contribution in [2.45, 2.75) is 32.7 Å². The van der Waals surface area contributed by atoms with E-state index in [1.165, 1.54) is 0 Å². The van der Waals surface area contributed by atoms with Gasteiger partial charge in [0.25, 0.3) is 0 Å². The van der Waals surface area contributed by atoms with E-state index in [0.717, 1.165) is 36.7 Å². The summed E-state index contributed by atoms with van der Waals surface area (Å²) in [6, 6.07) is 0.527. The maximum Gasteiger partial charge on any atom is 0.195 e. The molecular formula is C13H20N4O. The molecule has 0 aromatic carbocycles. The first-order chi connectivity index (χ1) is 8.65. The van der Waals surface area contributed by atoms with Gasteiger partial charge in [-0.1, -0.05) is 13.8 Å². The van der Waals surface area contributed by atoms with Crippen molar-refractivity contribution in [3.63, 3.8) is 0 Å². The van der Waals surface area contributed by atoms with E-state index >= 15 is 0 Å². The van der Waals surface area contributed by atoms with Crippen LogP contribution in [0.1, 0.15) is 26.2 Å². The summed E-state index contributed by atoms with van der Waals surface area (Å²) in [7, 11) is 1.94. The van der Waals surface area contributed by atoms with Crippen LogP contribution in [0.2, 0.25) is 0 Å². The number of aromatic nitrogens is 3. The van der Waals surface area contributed by atoms with Gasteiger partial charge in [0.2, 0.25) is 0 Å². The molecule has 0 saturated heterocycles. The Morgan fingerprint density at radius 2 is 2.22 bits per heavy atom. The third-order valence-corrected chi connectivity index (χ3v) is 2.63. The van der Waals surface area contributed by atoms with Gasteiger partial charge in [0.15, 0.2) is 11.7 Å². The van der Waals surface area contributed by atoms with Crippen molar-refractivity contribution in [1.29, 1.82) is 0 Å². The van der Waals surface area contributed by atoms with Crippen LogP contribution in [0.15, 0.2) is 23.1 Å². The fourth-order valence-corrected chi connectivity index (χ4v) is 1.71. The van der Waals surface area contributed by atoms with Gasteiger partial charge in [0.05, 0.1) is 12.5 Å². The highest BCUT2D eigenvalue weighted by molar-refractivity contribution is 5.48. The Hall–Kier alpha value is -1.62. The highest BCUT2D eigenvalue weighted by Gasteiger charge is 2.08. The minimum atomic E-state index is 0.527. The number of hydrogen-bond donors (Lipinski definition) is 1. The molecule has 0 aliphatic rings. The summed E-state index contributed by atoms with van der Waals surface area (Å²) in [6.07, 6.45) is 7.30. The summed E-state index contributed by atoms with van der Waals surface area (Å²) in [4.78, 5) is 8.51. The molecule has 2 aromatic rings. The summed E-state index contributed by atoms with van der Waals surface area (Å²) in [5.41, 5.74) is 0.830. The van der Waals surface area contributed by atoms with Crippen molar-refractivity contribution in [1.82, 2.24) is 19.9 Å². The van der Waals surface area contributed by atoms with E-state index in [0.29, 0.717) is 6.04 Å².